The molecular formula is C14H12FN5O2S. The van der Waals surface area contributed by atoms with E-state index in [1.165, 1.54) is 36.0 Å². The van der Waals surface area contributed by atoms with Crippen LogP contribution in [0.15, 0.2) is 46.8 Å². The number of benzene rings is 1. The van der Waals surface area contributed by atoms with Gasteiger partial charge in [-0.15, -0.1) is 10.2 Å². The predicted molar refractivity (Wildman–Crippen MR) is 79.6 cm³/mol. The molecule has 0 unspecified atom stereocenters. The number of aromatic nitrogens is 5. The van der Waals surface area contributed by atoms with Crippen molar-refractivity contribution in [1.29, 1.82) is 0 Å². The van der Waals surface area contributed by atoms with E-state index in [9.17, 15) is 4.39 Å². The number of hydrogen-bond donors (Lipinski definition) is 1. The Balaban J connectivity index is 1.76. The van der Waals surface area contributed by atoms with E-state index < -0.39 is 0 Å². The maximum absolute atomic E-state index is 12.9. The lowest BCUT2D eigenvalue weighted by Gasteiger charge is -2.05. The average molecular weight is 333 g/mol. The van der Waals surface area contributed by atoms with Crippen molar-refractivity contribution >= 4 is 11.8 Å². The smallest absolute Gasteiger partial charge is 0.223 e. The van der Waals surface area contributed by atoms with Crippen molar-refractivity contribution in [2.24, 2.45) is 7.05 Å². The van der Waals surface area contributed by atoms with Gasteiger partial charge in [-0.3, -0.25) is 0 Å². The van der Waals surface area contributed by atoms with Crippen molar-refractivity contribution in [2.45, 2.75) is 16.9 Å². The first-order valence-corrected chi connectivity index (χ1v) is 7.41. The van der Waals surface area contributed by atoms with Gasteiger partial charge in [0.1, 0.15) is 18.2 Å². The van der Waals surface area contributed by atoms with E-state index in [-0.39, 0.29) is 12.4 Å². The van der Waals surface area contributed by atoms with Gasteiger partial charge in [0.2, 0.25) is 5.88 Å². The Kier molecular flexibility index (Phi) is 4.49. The summed E-state index contributed by atoms with van der Waals surface area (Å²) >= 11 is 1.19. The standard InChI is InChI=1S/C14H12FN5O2S/c1-20-11(8-21)18-19-14(20)23-13-16-7-6-12(17-13)22-10-4-2-9(15)3-5-10/h2-7,21H,8H2,1H3. The van der Waals surface area contributed by atoms with Gasteiger partial charge < -0.3 is 14.4 Å². The van der Waals surface area contributed by atoms with E-state index in [4.69, 9.17) is 9.84 Å². The molecule has 1 N–H and O–H groups in total. The van der Waals surface area contributed by atoms with Crippen molar-refractivity contribution in [3.8, 4) is 11.6 Å². The highest BCUT2D eigenvalue weighted by atomic mass is 32.2. The fourth-order valence-electron chi connectivity index (χ4n) is 1.71. The molecule has 0 aliphatic heterocycles. The van der Waals surface area contributed by atoms with Crippen LogP contribution in [-0.2, 0) is 13.7 Å². The lowest BCUT2D eigenvalue weighted by Crippen LogP contribution is -1.99. The molecule has 23 heavy (non-hydrogen) atoms. The molecule has 0 atom stereocenters. The molecule has 7 nitrogen and oxygen atoms in total. The van der Waals surface area contributed by atoms with Crippen molar-refractivity contribution in [2.75, 3.05) is 0 Å². The highest BCUT2D eigenvalue weighted by Crippen LogP contribution is 2.26. The first kappa shape index (κ1) is 15.4. The summed E-state index contributed by atoms with van der Waals surface area (Å²) in [4.78, 5) is 8.39. The molecule has 0 bridgehead atoms. The zero-order chi connectivity index (χ0) is 16.2. The molecule has 0 aliphatic rings. The number of halogens is 1. The third-order valence-electron chi connectivity index (χ3n) is 2.89. The van der Waals surface area contributed by atoms with Gasteiger partial charge in [0, 0.05) is 19.3 Å². The molecule has 0 radical (unpaired) electrons. The summed E-state index contributed by atoms with van der Waals surface area (Å²) in [5.41, 5.74) is 0. The summed E-state index contributed by atoms with van der Waals surface area (Å²) in [6, 6.07) is 7.24. The van der Waals surface area contributed by atoms with E-state index in [2.05, 4.69) is 20.2 Å². The molecule has 2 aromatic heterocycles. The minimum atomic E-state index is -0.335. The molecule has 118 valence electrons. The quantitative estimate of drug-likeness (QED) is 0.716. The molecule has 0 amide bonds. The fourth-order valence-corrected chi connectivity index (χ4v) is 2.44. The molecule has 0 aliphatic carbocycles. The summed E-state index contributed by atoms with van der Waals surface area (Å²) in [5, 5.41) is 17.9. The van der Waals surface area contributed by atoms with Gasteiger partial charge in [-0.25, -0.2) is 9.37 Å². The average Bonchev–Trinajstić information content (AvgIpc) is 2.90. The second kappa shape index (κ2) is 6.71. The third-order valence-corrected chi connectivity index (χ3v) is 3.81. The SMILES string of the molecule is Cn1c(CO)nnc1Sc1nccc(Oc2ccc(F)cc2)n1. The van der Waals surface area contributed by atoms with Crippen LogP contribution in [0.5, 0.6) is 11.6 Å². The maximum Gasteiger partial charge on any atom is 0.223 e. The Morgan fingerprint density at radius 3 is 2.70 bits per heavy atom. The number of ether oxygens (including phenoxy) is 1. The van der Waals surface area contributed by atoms with Crippen molar-refractivity contribution in [1.82, 2.24) is 24.7 Å². The molecule has 3 aromatic rings. The fraction of sp³-hybridized carbons (Fsp3) is 0.143. The first-order valence-electron chi connectivity index (χ1n) is 6.59. The molecule has 2 heterocycles. The number of nitrogens with zero attached hydrogens (tertiary/aromatic N) is 5. The van der Waals surface area contributed by atoms with Crippen LogP contribution in [0.1, 0.15) is 5.82 Å². The van der Waals surface area contributed by atoms with Crippen LogP contribution in [0, 0.1) is 5.82 Å². The Morgan fingerprint density at radius 1 is 1.22 bits per heavy atom. The Morgan fingerprint density at radius 2 is 2.00 bits per heavy atom. The van der Waals surface area contributed by atoms with E-state index in [0.717, 1.165) is 0 Å². The van der Waals surface area contributed by atoms with Crippen molar-refractivity contribution in [3.63, 3.8) is 0 Å². The molecule has 3 rings (SSSR count). The van der Waals surface area contributed by atoms with Crippen LogP contribution >= 0.6 is 11.8 Å². The maximum atomic E-state index is 12.9. The largest absolute Gasteiger partial charge is 0.439 e. The van der Waals surface area contributed by atoms with E-state index in [1.54, 1.807) is 23.9 Å². The van der Waals surface area contributed by atoms with Gasteiger partial charge in [0.25, 0.3) is 0 Å². The van der Waals surface area contributed by atoms with E-state index in [1.807, 2.05) is 0 Å². The van der Waals surface area contributed by atoms with Crippen molar-refractivity contribution in [3.05, 3.63) is 48.2 Å². The second-order valence-electron chi connectivity index (χ2n) is 4.45. The molecule has 9 heteroatoms. The van der Waals surface area contributed by atoms with Crippen molar-refractivity contribution < 1.29 is 14.2 Å². The summed E-state index contributed by atoms with van der Waals surface area (Å²) < 4.78 is 20.1. The van der Waals surface area contributed by atoms with Gasteiger partial charge in [-0.1, -0.05) is 0 Å². The number of aliphatic hydroxyl groups excluding tert-OH is 1. The Hall–Kier alpha value is -2.52. The third kappa shape index (κ3) is 3.63. The molecule has 1 aromatic carbocycles. The molecular weight excluding hydrogens is 321 g/mol. The zero-order valence-corrected chi connectivity index (χ0v) is 12.9. The summed E-state index contributed by atoms with van der Waals surface area (Å²) in [7, 11) is 1.74. The molecule has 0 fully saturated rings. The number of rotatable bonds is 5. The van der Waals surface area contributed by atoms with Gasteiger partial charge in [0.05, 0.1) is 0 Å². The van der Waals surface area contributed by atoms with Crippen LogP contribution in [0.2, 0.25) is 0 Å². The predicted octanol–water partition coefficient (Wildman–Crippen LogP) is 2.18. The molecule has 0 saturated carbocycles. The van der Waals surface area contributed by atoms with Crippen LogP contribution in [0.4, 0.5) is 4.39 Å². The van der Waals surface area contributed by atoms with Crippen LogP contribution in [0.25, 0.3) is 0 Å². The lowest BCUT2D eigenvalue weighted by molar-refractivity contribution is 0.266. The highest BCUT2D eigenvalue weighted by molar-refractivity contribution is 7.99. The van der Waals surface area contributed by atoms with Gasteiger partial charge in [0.15, 0.2) is 16.1 Å². The van der Waals surface area contributed by atoms with E-state index >= 15 is 0 Å². The minimum Gasteiger partial charge on any atom is -0.439 e. The minimum absolute atomic E-state index is 0.196. The monoisotopic (exact) mass is 333 g/mol. The second-order valence-corrected chi connectivity index (χ2v) is 5.39. The Bertz CT molecular complexity index is 809. The first-order chi connectivity index (χ1) is 11.2. The summed E-state index contributed by atoms with van der Waals surface area (Å²) in [5.74, 6) is 0.922. The summed E-state index contributed by atoms with van der Waals surface area (Å²) in [6.07, 6.45) is 1.55. The Labute approximate surface area is 135 Å². The van der Waals surface area contributed by atoms with Gasteiger partial charge in [-0.05, 0) is 36.0 Å². The van der Waals surface area contributed by atoms with E-state index in [0.29, 0.717) is 27.8 Å². The normalized spacial score (nSPS) is 10.7. The number of hydrogen-bond acceptors (Lipinski definition) is 7. The van der Waals surface area contributed by atoms with Gasteiger partial charge in [-0.2, -0.15) is 4.98 Å². The molecule has 0 spiro atoms. The molecule has 0 saturated heterocycles. The lowest BCUT2D eigenvalue weighted by atomic mass is 10.3. The van der Waals surface area contributed by atoms with Gasteiger partial charge >= 0.3 is 0 Å². The topological polar surface area (TPSA) is 86.0 Å². The summed E-state index contributed by atoms with van der Waals surface area (Å²) in [6.45, 7) is -0.196. The number of aliphatic hydroxyl groups is 1. The van der Waals surface area contributed by atoms with Crippen LogP contribution < -0.4 is 4.74 Å². The van der Waals surface area contributed by atoms with Crippen LogP contribution in [-0.4, -0.2) is 29.8 Å². The van der Waals surface area contributed by atoms with Crippen LogP contribution in [0.3, 0.4) is 0 Å². The highest BCUT2D eigenvalue weighted by Gasteiger charge is 2.11. The zero-order valence-electron chi connectivity index (χ0n) is 12.0.